The van der Waals surface area contributed by atoms with E-state index in [1.807, 2.05) is 0 Å². The Bertz CT molecular complexity index is 75.3. The summed E-state index contributed by atoms with van der Waals surface area (Å²) in [6, 6.07) is 0. The van der Waals surface area contributed by atoms with Crippen LogP contribution in [-0.4, -0.2) is 20.1 Å². The standard InChI is InChI=1S/C7H15N.ClH/c1-3-7-4-5-8(2)6-7;/h7H,3-6H2,1-2H3;1H. The molecule has 1 rings (SSSR count). The molecule has 1 aliphatic rings. The Morgan fingerprint density at radius 1 is 1.56 bits per heavy atom. The molecule has 1 fully saturated rings. The van der Waals surface area contributed by atoms with Crippen LogP contribution in [0.1, 0.15) is 19.8 Å². The lowest BCUT2D eigenvalue weighted by Gasteiger charge is -2.03. The Kier molecular flexibility index (Phi) is 4.24. The van der Waals surface area contributed by atoms with Crippen molar-refractivity contribution in [2.75, 3.05) is 20.1 Å². The lowest BCUT2D eigenvalue weighted by atomic mass is 10.1. The van der Waals surface area contributed by atoms with Gasteiger partial charge in [0.15, 0.2) is 0 Å². The average Bonchev–Trinajstić information content (AvgIpc) is 2.14. The lowest BCUT2D eigenvalue weighted by molar-refractivity contribution is -0.867. The first kappa shape index (κ1) is 9.25. The van der Waals surface area contributed by atoms with E-state index in [9.17, 15) is 0 Å². The molecular weight excluding hydrogens is 134 g/mol. The highest BCUT2D eigenvalue weighted by Crippen LogP contribution is 2.06. The van der Waals surface area contributed by atoms with Crippen molar-refractivity contribution in [3.05, 3.63) is 0 Å². The highest BCUT2D eigenvalue weighted by Gasteiger charge is 2.20. The fourth-order valence-corrected chi connectivity index (χ4v) is 1.50. The molecule has 9 heavy (non-hydrogen) atoms. The van der Waals surface area contributed by atoms with E-state index in [0.29, 0.717) is 0 Å². The second kappa shape index (κ2) is 4.13. The quantitative estimate of drug-likeness (QED) is 0.404. The van der Waals surface area contributed by atoms with Crippen LogP contribution in [0.5, 0.6) is 0 Å². The van der Waals surface area contributed by atoms with Crippen molar-refractivity contribution in [2.24, 2.45) is 5.92 Å². The van der Waals surface area contributed by atoms with E-state index < -0.39 is 0 Å². The highest BCUT2D eigenvalue weighted by atomic mass is 35.5. The van der Waals surface area contributed by atoms with Crippen molar-refractivity contribution in [1.82, 2.24) is 0 Å². The van der Waals surface area contributed by atoms with E-state index in [2.05, 4.69) is 14.0 Å². The van der Waals surface area contributed by atoms with Crippen molar-refractivity contribution in [1.29, 1.82) is 0 Å². The molecule has 2 atom stereocenters. The van der Waals surface area contributed by atoms with Crippen molar-refractivity contribution < 1.29 is 17.3 Å². The molecular formula is C7H16ClN. The molecule has 0 aliphatic carbocycles. The van der Waals surface area contributed by atoms with Crippen LogP contribution in [0.15, 0.2) is 0 Å². The Morgan fingerprint density at radius 3 is 2.44 bits per heavy atom. The largest absolute Gasteiger partial charge is 1.00 e. The van der Waals surface area contributed by atoms with E-state index in [1.165, 1.54) is 25.9 Å². The molecule has 1 aliphatic heterocycles. The summed E-state index contributed by atoms with van der Waals surface area (Å²) in [5.41, 5.74) is 0. The summed E-state index contributed by atoms with van der Waals surface area (Å²) < 4.78 is 0. The fourth-order valence-electron chi connectivity index (χ4n) is 1.50. The van der Waals surface area contributed by atoms with Crippen LogP contribution >= 0.6 is 0 Å². The molecule has 56 valence electrons. The molecule has 0 amide bonds. The van der Waals surface area contributed by atoms with Crippen LogP contribution in [0.4, 0.5) is 0 Å². The molecule has 1 N–H and O–H groups in total. The van der Waals surface area contributed by atoms with Gasteiger partial charge in [-0.3, -0.25) is 0 Å². The molecule has 0 aromatic carbocycles. The SMILES string of the molecule is CCC1CC[NH+](C)C1.[Cl-]. The molecule has 0 aromatic heterocycles. The second-order valence-electron chi connectivity index (χ2n) is 2.97. The maximum Gasteiger partial charge on any atom is 0.0799 e. The van der Waals surface area contributed by atoms with Crippen molar-refractivity contribution in [2.45, 2.75) is 19.8 Å². The number of hydrogen-bond acceptors (Lipinski definition) is 0. The van der Waals surface area contributed by atoms with Crippen LogP contribution < -0.4 is 17.3 Å². The third kappa shape index (κ3) is 2.55. The van der Waals surface area contributed by atoms with Gasteiger partial charge < -0.3 is 17.3 Å². The van der Waals surface area contributed by atoms with E-state index >= 15 is 0 Å². The zero-order valence-corrected chi connectivity index (χ0v) is 7.04. The third-order valence-corrected chi connectivity index (χ3v) is 2.19. The molecule has 0 spiro atoms. The Hall–Kier alpha value is 0.250. The van der Waals surface area contributed by atoms with Gasteiger partial charge in [0.05, 0.1) is 20.1 Å². The predicted molar refractivity (Wildman–Crippen MR) is 35.0 cm³/mol. The second-order valence-corrected chi connectivity index (χ2v) is 2.97. The van der Waals surface area contributed by atoms with E-state index in [0.717, 1.165) is 5.92 Å². The van der Waals surface area contributed by atoms with Crippen LogP contribution in [0, 0.1) is 5.92 Å². The van der Waals surface area contributed by atoms with Gasteiger partial charge in [0.1, 0.15) is 0 Å². The Labute approximate surface area is 63.8 Å². The summed E-state index contributed by atoms with van der Waals surface area (Å²) in [5.74, 6) is 1.04. The zero-order chi connectivity index (χ0) is 5.98. The molecule has 0 aromatic rings. The molecule has 0 radical (unpaired) electrons. The van der Waals surface area contributed by atoms with Gasteiger partial charge >= 0.3 is 0 Å². The topological polar surface area (TPSA) is 4.44 Å². The minimum Gasteiger partial charge on any atom is -1.00 e. The summed E-state index contributed by atoms with van der Waals surface area (Å²) in [6.45, 7) is 5.11. The summed E-state index contributed by atoms with van der Waals surface area (Å²) in [6.07, 6.45) is 2.85. The number of halogens is 1. The number of quaternary nitrogens is 1. The zero-order valence-electron chi connectivity index (χ0n) is 6.28. The molecule has 1 heterocycles. The first-order valence-corrected chi connectivity index (χ1v) is 3.64. The number of hydrogen-bond donors (Lipinski definition) is 1. The smallest absolute Gasteiger partial charge is 0.0799 e. The summed E-state index contributed by atoms with van der Waals surface area (Å²) in [4.78, 5) is 1.72. The first-order chi connectivity index (χ1) is 3.83. The summed E-state index contributed by atoms with van der Waals surface area (Å²) >= 11 is 0. The number of rotatable bonds is 1. The van der Waals surface area contributed by atoms with E-state index in [-0.39, 0.29) is 12.4 Å². The minimum atomic E-state index is 0. The molecule has 2 heteroatoms. The van der Waals surface area contributed by atoms with Gasteiger partial charge in [0.25, 0.3) is 0 Å². The summed E-state index contributed by atoms with van der Waals surface area (Å²) in [5, 5.41) is 0. The molecule has 1 saturated heterocycles. The Balaban J connectivity index is 0.000000640. The molecule has 0 saturated carbocycles. The van der Waals surface area contributed by atoms with Crippen LogP contribution in [0.25, 0.3) is 0 Å². The maximum absolute atomic E-state index is 2.29. The number of likely N-dealkylation sites (tertiary alicyclic amines) is 1. The van der Waals surface area contributed by atoms with Gasteiger partial charge in [-0.05, 0) is 6.42 Å². The Morgan fingerprint density at radius 2 is 2.22 bits per heavy atom. The first-order valence-electron chi connectivity index (χ1n) is 3.64. The van der Waals surface area contributed by atoms with Gasteiger partial charge in [-0.1, -0.05) is 6.92 Å². The van der Waals surface area contributed by atoms with E-state index in [1.54, 1.807) is 4.90 Å². The average molecular weight is 150 g/mol. The third-order valence-electron chi connectivity index (χ3n) is 2.19. The van der Waals surface area contributed by atoms with Crippen LogP contribution in [0.2, 0.25) is 0 Å². The maximum atomic E-state index is 2.29. The van der Waals surface area contributed by atoms with Crippen LogP contribution in [0.3, 0.4) is 0 Å². The normalized spacial score (nSPS) is 34.0. The predicted octanol–water partition coefficient (Wildman–Crippen LogP) is -3.06. The molecule has 0 bridgehead atoms. The van der Waals surface area contributed by atoms with Crippen molar-refractivity contribution in [3.63, 3.8) is 0 Å². The molecule has 1 nitrogen and oxygen atoms in total. The fraction of sp³-hybridized carbons (Fsp3) is 1.00. The van der Waals surface area contributed by atoms with Crippen molar-refractivity contribution in [3.8, 4) is 0 Å². The monoisotopic (exact) mass is 149 g/mol. The summed E-state index contributed by atoms with van der Waals surface area (Å²) in [7, 11) is 2.29. The van der Waals surface area contributed by atoms with Gasteiger partial charge in [-0.25, -0.2) is 0 Å². The van der Waals surface area contributed by atoms with Crippen LogP contribution in [-0.2, 0) is 0 Å². The minimum absolute atomic E-state index is 0. The van der Waals surface area contributed by atoms with Gasteiger partial charge in [0, 0.05) is 12.3 Å². The van der Waals surface area contributed by atoms with Crippen molar-refractivity contribution >= 4 is 0 Å². The lowest BCUT2D eigenvalue weighted by Crippen LogP contribution is -3.07. The number of nitrogens with one attached hydrogen (secondary N) is 1. The molecule has 2 unspecified atom stereocenters. The highest BCUT2D eigenvalue weighted by molar-refractivity contribution is 4.58. The van der Waals surface area contributed by atoms with Gasteiger partial charge in [0.2, 0.25) is 0 Å². The van der Waals surface area contributed by atoms with Gasteiger partial charge in [-0.15, -0.1) is 0 Å². The van der Waals surface area contributed by atoms with Gasteiger partial charge in [-0.2, -0.15) is 0 Å². The van der Waals surface area contributed by atoms with E-state index in [4.69, 9.17) is 0 Å².